The second-order valence-corrected chi connectivity index (χ2v) is 13.6. The molecule has 2 amide bonds. The minimum atomic E-state index is -3.64. The fourth-order valence-electron chi connectivity index (χ4n) is 5.85. The summed E-state index contributed by atoms with van der Waals surface area (Å²) >= 11 is 0. The Labute approximate surface area is 256 Å². The topological polar surface area (TPSA) is 110 Å². The first-order valence-electron chi connectivity index (χ1n) is 14.9. The van der Waals surface area contributed by atoms with E-state index in [4.69, 9.17) is 4.98 Å². The van der Waals surface area contributed by atoms with Gasteiger partial charge in [0.05, 0.1) is 17.5 Å². The third-order valence-corrected chi connectivity index (χ3v) is 9.10. The van der Waals surface area contributed by atoms with Gasteiger partial charge in [0.2, 0.25) is 15.9 Å². The summed E-state index contributed by atoms with van der Waals surface area (Å²) in [4.78, 5) is 30.2. The Kier molecular flexibility index (Phi) is 7.88. The van der Waals surface area contributed by atoms with Crippen LogP contribution in [-0.4, -0.2) is 42.4 Å². The van der Waals surface area contributed by atoms with Gasteiger partial charge in [-0.25, -0.2) is 17.8 Å². The van der Waals surface area contributed by atoms with Gasteiger partial charge < -0.3 is 9.72 Å². The molecule has 2 fully saturated rings. The first kappa shape index (κ1) is 29.7. The highest BCUT2D eigenvalue weighted by molar-refractivity contribution is 7.89. The van der Waals surface area contributed by atoms with Crippen molar-refractivity contribution in [1.82, 2.24) is 19.4 Å². The fourth-order valence-corrected chi connectivity index (χ4v) is 6.36. The molecule has 4 aromatic rings. The third-order valence-electron chi connectivity index (χ3n) is 8.52. The average Bonchev–Trinajstić information content (AvgIpc) is 3.92. The van der Waals surface area contributed by atoms with Crippen LogP contribution in [0.5, 0.6) is 0 Å². The number of nitrogens with zero attached hydrogens (tertiary/aromatic N) is 2. The lowest BCUT2D eigenvalue weighted by atomic mass is 9.98. The molecule has 2 saturated carbocycles. The van der Waals surface area contributed by atoms with Gasteiger partial charge in [-0.2, -0.15) is 0 Å². The molecule has 10 heteroatoms. The minimum absolute atomic E-state index is 0.168. The van der Waals surface area contributed by atoms with Crippen LogP contribution in [0.2, 0.25) is 0 Å². The van der Waals surface area contributed by atoms with Crippen LogP contribution in [0.25, 0.3) is 22.5 Å². The molecule has 2 heterocycles. The number of nitrogens with one attached hydrogen (secondary N) is 2. The molecule has 228 valence electrons. The van der Waals surface area contributed by atoms with Crippen LogP contribution < -0.4 is 10.0 Å². The van der Waals surface area contributed by atoms with E-state index in [1.54, 1.807) is 24.5 Å². The van der Waals surface area contributed by atoms with Crippen LogP contribution in [0.4, 0.5) is 4.39 Å². The molecule has 2 aromatic carbocycles. The number of benzene rings is 2. The Bertz CT molecular complexity index is 1930. The maximum Gasteiger partial charge on any atom is 0.252 e. The van der Waals surface area contributed by atoms with Crippen molar-refractivity contribution in [3.63, 3.8) is 0 Å². The Morgan fingerprint density at radius 2 is 1.89 bits per heavy atom. The van der Waals surface area contributed by atoms with E-state index in [9.17, 15) is 18.0 Å². The molecule has 2 aliphatic carbocycles. The van der Waals surface area contributed by atoms with Gasteiger partial charge in [-0.05, 0) is 97.4 Å². The van der Waals surface area contributed by atoms with Gasteiger partial charge >= 0.3 is 0 Å². The number of pyridine rings is 1. The normalized spacial score (nSPS) is 18.3. The lowest BCUT2D eigenvalue weighted by molar-refractivity contribution is -0.120. The molecule has 44 heavy (non-hydrogen) atoms. The van der Waals surface area contributed by atoms with Crippen molar-refractivity contribution in [2.75, 3.05) is 12.8 Å². The maximum absolute atomic E-state index is 15.4. The van der Waals surface area contributed by atoms with Crippen molar-refractivity contribution in [2.24, 2.45) is 5.92 Å². The molecule has 0 aliphatic heterocycles. The zero-order chi connectivity index (χ0) is 31.2. The summed E-state index contributed by atoms with van der Waals surface area (Å²) < 4.78 is 42.0. The molecule has 2 atom stereocenters. The monoisotopic (exact) mass is 614 g/mol. The van der Waals surface area contributed by atoms with E-state index in [2.05, 4.69) is 30.4 Å². The van der Waals surface area contributed by atoms with E-state index in [1.807, 2.05) is 34.2 Å². The highest BCUT2D eigenvalue weighted by Crippen LogP contribution is 2.48. The fraction of sp³-hybridized carbons (Fsp3) is 0.324. The SMILES string of the molecule is C/C=C(/C)c1ccccc1CCNC(=O)c1cc(C2CC2)c2nc(-c3ccc([C@H]4C[C@@H]4C(=O)NS(C)(=O)=O)cc3F)cn2c1. The molecule has 0 bridgehead atoms. The van der Waals surface area contributed by atoms with Crippen molar-refractivity contribution in [3.8, 4) is 11.3 Å². The van der Waals surface area contributed by atoms with E-state index in [1.165, 1.54) is 22.8 Å². The van der Waals surface area contributed by atoms with Crippen LogP contribution in [-0.2, 0) is 21.2 Å². The number of rotatable bonds is 10. The number of allylic oxidation sites excluding steroid dienone is 2. The molecular formula is C34H35FN4O4S. The smallest absolute Gasteiger partial charge is 0.252 e. The molecule has 8 nitrogen and oxygen atoms in total. The van der Waals surface area contributed by atoms with Gasteiger partial charge in [-0.1, -0.05) is 36.4 Å². The summed E-state index contributed by atoms with van der Waals surface area (Å²) in [5, 5.41) is 3.06. The van der Waals surface area contributed by atoms with Crippen LogP contribution in [0.15, 0.2) is 67.0 Å². The lowest BCUT2D eigenvalue weighted by Gasteiger charge is -2.11. The van der Waals surface area contributed by atoms with Gasteiger partial charge in [0.25, 0.3) is 5.91 Å². The number of carbonyl (C=O) groups excluding carboxylic acids is 2. The van der Waals surface area contributed by atoms with Gasteiger partial charge in [-0.3, -0.25) is 14.3 Å². The van der Waals surface area contributed by atoms with Gasteiger partial charge in [0.1, 0.15) is 11.5 Å². The molecule has 0 saturated heterocycles. The molecule has 0 spiro atoms. The van der Waals surface area contributed by atoms with E-state index >= 15 is 4.39 Å². The predicted octanol–water partition coefficient (Wildman–Crippen LogP) is 5.59. The minimum Gasteiger partial charge on any atom is -0.352 e. The van der Waals surface area contributed by atoms with Gasteiger partial charge in [-0.15, -0.1) is 0 Å². The summed E-state index contributed by atoms with van der Waals surface area (Å²) in [5.74, 6) is -1.62. The van der Waals surface area contributed by atoms with Gasteiger partial charge in [0, 0.05) is 30.4 Å². The number of hydrogen-bond acceptors (Lipinski definition) is 5. The second-order valence-electron chi connectivity index (χ2n) is 11.9. The van der Waals surface area contributed by atoms with Crippen LogP contribution >= 0.6 is 0 Å². The van der Waals surface area contributed by atoms with E-state index in [-0.39, 0.29) is 11.8 Å². The molecule has 6 rings (SSSR count). The number of carbonyl (C=O) groups is 2. The number of halogens is 1. The Hall–Kier alpha value is -4.31. The second kappa shape index (κ2) is 11.6. The number of aromatic nitrogens is 2. The summed E-state index contributed by atoms with van der Waals surface area (Å²) in [7, 11) is -3.64. The molecule has 2 aromatic heterocycles. The zero-order valence-electron chi connectivity index (χ0n) is 24.9. The number of imidazole rings is 1. The first-order valence-corrected chi connectivity index (χ1v) is 16.7. The lowest BCUT2D eigenvalue weighted by Crippen LogP contribution is -2.30. The van der Waals surface area contributed by atoms with Crippen molar-refractivity contribution >= 4 is 33.1 Å². The van der Waals surface area contributed by atoms with Crippen molar-refractivity contribution < 1.29 is 22.4 Å². The predicted molar refractivity (Wildman–Crippen MR) is 168 cm³/mol. The summed E-state index contributed by atoms with van der Waals surface area (Å²) in [6.07, 6.45) is 9.70. The molecule has 2 N–H and O–H groups in total. The van der Waals surface area contributed by atoms with Crippen molar-refractivity contribution in [3.05, 3.63) is 101 Å². The van der Waals surface area contributed by atoms with Gasteiger partial charge in [0.15, 0.2) is 0 Å². The maximum atomic E-state index is 15.4. The quantitative estimate of drug-likeness (QED) is 0.242. The molecule has 2 aliphatic rings. The van der Waals surface area contributed by atoms with Crippen molar-refractivity contribution in [2.45, 2.75) is 51.4 Å². The third kappa shape index (κ3) is 6.31. The summed E-state index contributed by atoms with van der Waals surface area (Å²) in [6, 6.07) is 14.9. The zero-order valence-corrected chi connectivity index (χ0v) is 25.7. The Morgan fingerprint density at radius 1 is 1.11 bits per heavy atom. The number of hydrogen-bond donors (Lipinski definition) is 2. The number of amides is 2. The Morgan fingerprint density at radius 3 is 2.59 bits per heavy atom. The summed E-state index contributed by atoms with van der Waals surface area (Å²) in [6.45, 7) is 4.59. The molecule has 0 radical (unpaired) electrons. The largest absolute Gasteiger partial charge is 0.352 e. The van der Waals surface area contributed by atoms with Crippen molar-refractivity contribution in [1.29, 1.82) is 0 Å². The number of fused-ring (bicyclic) bond motifs is 1. The highest BCUT2D eigenvalue weighted by Gasteiger charge is 2.45. The van der Waals surface area contributed by atoms with E-state index in [0.717, 1.165) is 24.7 Å². The van der Waals surface area contributed by atoms with Crippen LogP contribution in [0, 0.1) is 11.7 Å². The van der Waals surface area contributed by atoms with E-state index in [0.29, 0.717) is 53.3 Å². The number of sulfonamides is 1. The van der Waals surface area contributed by atoms with Crippen LogP contribution in [0.3, 0.4) is 0 Å². The van der Waals surface area contributed by atoms with E-state index < -0.39 is 27.7 Å². The molecule has 0 unspecified atom stereocenters. The highest BCUT2D eigenvalue weighted by atomic mass is 32.2. The summed E-state index contributed by atoms with van der Waals surface area (Å²) in [5.41, 5.74) is 7.19. The Balaban J connectivity index is 1.20. The molecular weight excluding hydrogens is 579 g/mol. The van der Waals surface area contributed by atoms with Crippen LogP contribution in [0.1, 0.15) is 77.6 Å². The first-order chi connectivity index (χ1) is 21.0. The standard InChI is InChI=1S/C34H35FN4O4S/c1-4-20(2)25-8-6-5-7-21(25)13-14-36-33(40)24-15-28(22-9-10-22)32-37-31(19-39(32)18-24)26-12-11-23(16-30(26)35)27-17-29(27)34(41)38-44(3,42)43/h4-8,11-12,15-16,18-19,22,27,29H,9-10,13-14,17H2,1-3H3,(H,36,40)(H,38,41)/b20-4-/t27-,29+/m1/s1. The average molecular weight is 615 g/mol.